The maximum Gasteiger partial charge on any atom is 0.374 e. The Morgan fingerprint density at radius 3 is 2.84 bits per heavy atom. The molecule has 11 heteroatoms. The van der Waals surface area contributed by atoms with E-state index >= 15 is 0 Å². The van der Waals surface area contributed by atoms with Crippen LogP contribution in [0.5, 0.6) is 5.75 Å². The lowest BCUT2D eigenvalue weighted by atomic mass is 10.3. The van der Waals surface area contributed by atoms with Crippen molar-refractivity contribution in [1.82, 2.24) is 24.7 Å². The Hall–Kier alpha value is -4.41. The van der Waals surface area contributed by atoms with Crippen LogP contribution in [0.25, 0.3) is 0 Å². The Morgan fingerprint density at radius 1 is 1.16 bits per heavy atom. The van der Waals surface area contributed by atoms with E-state index in [1.165, 1.54) is 6.07 Å². The van der Waals surface area contributed by atoms with Gasteiger partial charge in [-0.2, -0.15) is 20.1 Å². The summed E-state index contributed by atoms with van der Waals surface area (Å²) in [6.45, 7) is 0.198. The van der Waals surface area contributed by atoms with Crippen molar-refractivity contribution < 1.29 is 18.7 Å². The van der Waals surface area contributed by atoms with Crippen molar-refractivity contribution in [3.63, 3.8) is 0 Å². The van der Waals surface area contributed by atoms with E-state index in [9.17, 15) is 4.79 Å². The number of esters is 1. The van der Waals surface area contributed by atoms with Crippen molar-refractivity contribution >= 4 is 23.6 Å². The van der Waals surface area contributed by atoms with Gasteiger partial charge in [0.25, 0.3) is 0 Å². The highest BCUT2D eigenvalue weighted by molar-refractivity contribution is 5.86. The van der Waals surface area contributed by atoms with Gasteiger partial charge in [-0.1, -0.05) is 12.1 Å². The number of nitrogens with two attached hydrogens (primary N) is 1. The zero-order chi connectivity index (χ0) is 21.6. The highest BCUT2D eigenvalue weighted by Crippen LogP contribution is 2.25. The third kappa shape index (κ3) is 4.96. The molecular weight excluding hydrogens is 402 g/mol. The SMILES string of the molecule is COc1ccccc1Nc1nc(N)nc(COC(=O)c2ccc(Cn3cccn3)o2)n1. The van der Waals surface area contributed by atoms with Gasteiger partial charge in [-0.05, 0) is 30.3 Å². The van der Waals surface area contributed by atoms with Gasteiger partial charge in [0.15, 0.2) is 12.4 Å². The molecule has 158 valence electrons. The van der Waals surface area contributed by atoms with E-state index in [4.69, 9.17) is 19.6 Å². The van der Waals surface area contributed by atoms with Gasteiger partial charge in [0.2, 0.25) is 17.7 Å². The Balaban J connectivity index is 1.40. The van der Waals surface area contributed by atoms with Crippen LogP contribution in [-0.2, 0) is 17.9 Å². The van der Waals surface area contributed by atoms with Crippen LogP contribution < -0.4 is 15.8 Å². The second kappa shape index (κ2) is 8.95. The molecule has 0 aliphatic rings. The zero-order valence-corrected chi connectivity index (χ0v) is 16.6. The van der Waals surface area contributed by atoms with E-state index in [1.807, 2.05) is 12.1 Å². The molecule has 0 bridgehead atoms. The van der Waals surface area contributed by atoms with Gasteiger partial charge in [-0.15, -0.1) is 0 Å². The van der Waals surface area contributed by atoms with Gasteiger partial charge in [0.1, 0.15) is 11.5 Å². The third-order valence-electron chi connectivity index (χ3n) is 4.12. The van der Waals surface area contributed by atoms with Crippen LogP contribution in [0.15, 0.2) is 59.3 Å². The first-order valence-electron chi connectivity index (χ1n) is 9.24. The molecule has 0 saturated heterocycles. The minimum atomic E-state index is -0.648. The molecule has 0 fully saturated rings. The van der Waals surface area contributed by atoms with E-state index in [0.29, 0.717) is 23.7 Å². The smallest absolute Gasteiger partial charge is 0.374 e. The minimum absolute atomic E-state index is 0.0158. The van der Waals surface area contributed by atoms with Crippen molar-refractivity contribution in [1.29, 1.82) is 0 Å². The molecule has 4 aromatic rings. The summed E-state index contributed by atoms with van der Waals surface area (Å²) < 4.78 is 17.7. The summed E-state index contributed by atoms with van der Waals surface area (Å²) in [5, 5.41) is 7.11. The summed E-state index contributed by atoms with van der Waals surface area (Å²) in [6, 6.07) is 12.3. The largest absolute Gasteiger partial charge is 0.495 e. The van der Waals surface area contributed by atoms with Crippen LogP contribution in [0.1, 0.15) is 22.1 Å². The van der Waals surface area contributed by atoms with Crippen LogP contribution in [0, 0.1) is 0 Å². The fraction of sp³-hybridized carbons (Fsp3) is 0.150. The summed E-state index contributed by atoms with van der Waals surface area (Å²) in [7, 11) is 1.56. The highest BCUT2D eigenvalue weighted by atomic mass is 16.5. The molecule has 0 aliphatic carbocycles. The lowest BCUT2D eigenvalue weighted by Gasteiger charge is -2.10. The molecule has 11 nitrogen and oxygen atoms in total. The van der Waals surface area contributed by atoms with Crippen molar-refractivity contribution in [3.8, 4) is 5.75 Å². The Morgan fingerprint density at radius 2 is 2.03 bits per heavy atom. The monoisotopic (exact) mass is 421 g/mol. The number of nitrogens with one attached hydrogen (secondary N) is 1. The lowest BCUT2D eigenvalue weighted by Crippen LogP contribution is -2.11. The van der Waals surface area contributed by atoms with Crippen LogP contribution in [-0.4, -0.2) is 37.8 Å². The van der Waals surface area contributed by atoms with Crippen LogP contribution in [0.3, 0.4) is 0 Å². The molecule has 31 heavy (non-hydrogen) atoms. The van der Waals surface area contributed by atoms with Gasteiger partial charge in [-0.3, -0.25) is 4.68 Å². The number of rotatable bonds is 8. The van der Waals surface area contributed by atoms with E-state index in [0.717, 1.165) is 0 Å². The topological polar surface area (TPSA) is 143 Å². The number of nitrogens with zero attached hydrogens (tertiary/aromatic N) is 5. The molecule has 0 atom stereocenters. The Kier molecular flexibility index (Phi) is 5.74. The summed E-state index contributed by atoms with van der Waals surface area (Å²) in [6.07, 6.45) is 3.46. The number of ether oxygens (including phenoxy) is 2. The molecule has 3 aromatic heterocycles. The number of aromatic nitrogens is 5. The second-order valence-electron chi connectivity index (χ2n) is 6.30. The number of carbonyl (C=O) groups excluding carboxylic acids is 1. The van der Waals surface area contributed by atoms with E-state index < -0.39 is 5.97 Å². The molecular formula is C20H19N7O4. The van der Waals surface area contributed by atoms with E-state index in [1.54, 1.807) is 48.5 Å². The van der Waals surface area contributed by atoms with Gasteiger partial charge < -0.3 is 24.9 Å². The lowest BCUT2D eigenvalue weighted by molar-refractivity contribution is 0.0423. The van der Waals surface area contributed by atoms with Gasteiger partial charge in [0, 0.05) is 12.4 Å². The van der Waals surface area contributed by atoms with Crippen molar-refractivity contribution in [3.05, 3.63) is 72.2 Å². The number of carbonyl (C=O) groups is 1. The molecule has 0 aliphatic heterocycles. The third-order valence-corrected chi connectivity index (χ3v) is 4.12. The number of hydrogen-bond donors (Lipinski definition) is 2. The average Bonchev–Trinajstić information content (AvgIpc) is 3.45. The minimum Gasteiger partial charge on any atom is -0.495 e. The van der Waals surface area contributed by atoms with Crippen molar-refractivity contribution in [2.24, 2.45) is 0 Å². The summed E-state index contributed by atoms with van der Waals surface area (Å²) in [5.41, 5.74) is 6.42. The maximum absolute atomic E-state index is 12.3. The normalized spacial score (nSPS) is 10.6. The summed E-state index contributed by atoms with van der Waals surface area (Å²) in [4.78, 5) is 24.6. The number of benzene rings is 1. The standard InChI is InChI=1S/C20H19N7O4/c1-29-15-6-3-2-5-14(15)23-20-25-17(24-19(21)26-20)12-30-18(28)16-8-7-13(31-16)11-27-10-4-9-22-27/h2-10H,11-12H2,1H3,(H3,21,23,24,25,26). The van der Waals surface area contributed by atoms with Crippen LogP contribution in [0.2, 0.25) is 0 Å². The summed E-state index contributed by atoms with van der Waals surface area (Å²) in [5.74, 6) is 0.963. The molecule has 1 aromatic carbocycles. The highest BCUT2D eigenvalue weighted by Gasteiger charge is 2.15. The van der Waals surface area contributed by atoms with E-state index in [2.05, 4.69) is 25.4 Å². The van der Waals surface area contributed by atoms with Gasteiger partial charge in [-0.25, -0.2) is 4.79 Å². The first kappa shape index (κ1) is 19.9. The number of hydrogen-bond acceptors (Lipinski definition) is 10. The maximum atomic E-state index is 12.3. The van der Waals surface area contributed by atoms with Crippen LogP contribution in [0.4, 0.5) is 17.6 Å². The fourth-order valence-corrected chi connectivity index (χ4v) is 2.75. The van der Waals surface area contributed by atoms with E-state index in [-0.39, 0.29) is 30.1 Å². The molecule has 0 amide bonds. The second-order valence-corrected chi connectivity index (χ2v) is 6.30. The first-order valence-corrected chi connectivity index (χ1v) is 9.24. The molecule has 0 saturated carbocycles. The molecule has 3 heterocycles. The molecule has 3 N–H and O–H groups in total. The van der Waals surface area contributed by atoms with Crippen molar-refractivity contribution in [2.75, 3.05) is 18.2 Å². The number of nitrogen functional groups attached to an aromatic ring is 1. The van der Waals surface area contributed by atoms with Crippen LogP contribution >= 0.6 is 0 Å². The predicted octanol–water partition coefficient (Wildman–Crippen LogP) is 2.40. The fourth-order valence-electron chi connectivity index (χ4n) is 2.75. The number of para-hydroxylation sites is 2. The number of methoxy groups -OCH3 is 1. The number of furan rings is 1. The summed E-state index contributed by atoms with van der Waals surface area (Å²) >= 11 is 0. The molecule has 0 unspecified atom stereocenters. The first-order chi connectivity index (χ1) is 15.1. The average molecular weight is 421 g/mol. The zero-order valence-electron chi connectivity index (χ0n) is 16.6. The van der Waals surface area contributed by atoms with Gasteiger partial charge in [0.05, 0.1) is 19.3 Å². The van der Waals surface area contributed by atoms with Crippen molar-refractivity contribution in [2.45, 2.75) is 13.2 Å². The number of anilines is 3. The predicted molar refractivity (Wildman–Crippen MR) is 110 cm³/mol. The Labute approximate surface area is 176 Å². The molecule has 0 radical (unpaired) electrons. The van der Waals surface area contributed by atoms with Gasteiger partial charge >= 0.3 is 5.97 Å². The quantitative estimate of drug-likeness (QED) is 0.407. The Bertz CT molecular complexity index is 1170. The molecule has 4 rings (SSSR count). The molecule has 0 spiro atoms.